The first-order valence-electron chi connectivity index (χ1n) is 8.90. The lowest BCUT2D eigenvalue weighted by atomic mass is 10.1. The minimum absolute atomic E-state index is 0.0542. The first kappa shape index (κ1) is 21.2. The summed E-state index contributed by atoms with van der Waals surface area (Å²) in [6, 6.07) is 12.4. The van der Waals surface area contributed by atoms with Crippen LogP contribution in [0.25, 0.3) is 5.69 Å². The molecule has 0 bridgehead atoms. The Morgan fingerprint density at radius 1 is 1.28 bits per heavy atom. The Bertz CT molecular complexity index is 992. The second kappa shape index (κ2) is 9.82. The molecule has 0 saturated heterocycles. The predicted molar refractivity (Wildman–Crippen MR) is 114 cm³/mol. The number of aliphatic hydroxyl groups is 1. The molecule has 6 nitrogen and oxygen atoms in total. The zero-order valence-corrected chi connectivity index (χ0v) is 17.6. The first-order chi connectivity index (χ1) is 14.0. The summed E-state index contributed by atoms with van der Waals surface area (Å²) in [5, 5.41) is 11.7. The van der Waals surface area contributed by atoms with Gasteiger partial charge in [0.05, 0.1) is 13.2 Å². The molecule has 1 atom stereocenters. The number of hydrogen-bond acceptors (Lipinski definition) is 6. The SMILES string of the molecule is COc1cc(C(C)=O)ccc1OCC(O)CSc1nccn1-c1cccc(Cl)c1. The Kier molecular flexibility index (Phi) is 7.19. The molecule has 2 aromatic carbocycles. The summed E-state index contributed by atoms with van der Waals surface area (Å²) in [7, 11) is 1.51. The van der Waals surface area contributed by atoms with E-state index >= 15 is 0 Å². The number of rotatable bonds is 9. The van der Waals surface area contributed by atoms with E-state index in [-0.39, 0.29) is 12.4 Å². The Morgan fingerprint density at radius 3 is 2.83 bits per heavy atom. The van der Waals surface area contributed by atoms with Crippen molar-refractivity contribution >= 4 is 29.1 Å². The number of imidazole rings is 1. The van der Waals surface area contributed by atoms with Crippen LogP contribution in [0.1, 0.15) is 17.3 Å². The molecule has 0 fully saturated rings. The topological polar surface area (TPSA) is 73.6 Å². The number of carbonyl (C=O) groups is 1. The third-order valence-corrected chi connectivity index (χ3v) is 5.45. The van der Waals surface area contributed by atoms with Crippen LogP contribution in [-0.4, -0.2) is 46.0 Å². The molecule has 3 rings (SSSR count). The van der Waals surface area contributed by atoms with E-state index in [0.717, 1.165) is 10.8 Å². The molecule has 0 aliphatic heterocycles. The Labute approximate surface area is 178 Å². The third-order valence-electron chi connectivity index (χ3n) is 4.10. The van der Waals surface area contributed by atoms with E-state index in [1.807, 2.05) is 35.0 Å². The van der Waals surface area contributed by atoms with Crippen LogP contribution in [0, 0.1) is 0 Å². The number of benzene rings is 2. The number of aromatic nitrogens is 2. The highest BCUT2D eigenvalue weighted by atomic mass is 35.5. The fourth-order valence-corrected chi connectivity index (χ4v) is 3.69. The molecular formula is C21H21ClN2O4S. The molecule has 0 saturated carbocycles. The molecule has 1 unspecified atom stereocenters. The highest BCUT2D eigenvalue weighted by Crippen LogP contribution is 2.29. The summed E-state index contributed by atoms with van der Waals surface area (Å²) in [4.78, 5) is 15.8. The molecule has 152 valence electrons. The van der Waals surface area contributed by atoms with Gasteiger partial charge in [0.25, 0.3) is 0 Å². The number of halogens is 1. The van der Waals surface area contributed by atoms with Crippen molar-refractivity contribution in [1.29, 1.82) is 0 Å². The lowest BCUT2D eigenvalue weighted by Crippen LogP contribution is -2.20. The van der Waals surface area contributed by atoms with Crippen LogP contribution in [0.15, 0.2) is 60.0 Å². The van der Waals surface area contributed by atoms with Crippen molar-refractivity contribution < 1.29 is 19.4 Å². The van der Waals surface area contributed by atoms with Crippen LogP contribution in [0.5, 0.6) is 11.5 Å². The largest absolute Gasteiger partial charge is 0.493 e. The number of thioether (sulfide) groups is 1. The number of ketones is 1. The van der Waals surface area contributed by atoms with Crippen LogP contribution in [-0.2, 0) is 0 Å². The molecule has 1 aromatic heterocycles. The van der Waals surface area contributed by atoms with Crippen LogP contribution in [0.4, 0.5) is 0 Å². The quantitative estimate of drug-likeness (QED) is 0.402. The monoisotopic (exact) mass is 432 g/mol. The second-order valence-electron chi connectivity index (χ2n) is 6.26. The van der Waals surface area contributed by atoms with E-state index in [1.165, 1.54) is 25.8 Å². The standard InChI is InChI=1S/C21H21ClN2O4S/c1-14(25)15-6-7-19(20(10-15)27-2)28-12-18(26)13-29-21-23-8-9-24(21)17-5-3-4-16(22)11-17/h3-11,18,26H,12-13H2,1-2H3. The van der Waals surface area contributed by atoms with Crippen molar-refractivity contribution in [3.63, 3.8) is 0 Å². The van der Waals surface area contributed by atoms with E-state index in [2.05, 4.69) is 4.98 Å². The van der Waals surface area contributed by atoms with Crippen molar-refractivity contribution in [3.8, 4) is 17.2 Å². The molecule has 29 heavy (non-hydrogen) atoms. The lowest BCUT2D eigenvalue weighted by Gasteiger charge is -2.15. The molecule has 1 heterocycles. The maximum absolute atomic E-state index is 11.5. The van der Waals surface area contributed by atoms with Gasteiger partial charge in [0.15, 0.2) is 22.4 Å². The summed E-state index contributed by atoms with van der Waals surface area (Å²) in [5.74, 6) is 1.27. The highest BCUT2D eigenvalue weighted by molar-refractivity contribution is 7.99. The van der Waals surface area contributed by atoms with Crippen molar-refractivity contribution in [1.82, 2.24) is 9.55 Å². The molecule has 0 radical (unpaired) electrons. The van der Waals surface area contributed by atoms with Gasteiger partial charge in [0.2, 0.25) is 0 Å². The van der Waals surface area contributed by atoms with Crippen LogP contribution in [0.2, 0.25) is 5.02 Å². The number of methoxy groups -OCH3 is 1. The van der Waals surface area contributed by atoms with Crippen LogP contribution in [0.3, 0.4) is 0 Å². The Morgan fingerprint density at radius 2 is 2.10 bits per heavy atom. The number of nitrogens with zero attached hydrogens (tertiary/aromatic N) is 2. The first-order valence-corrected chi connectivity index (χ1v) is 10.3. The predicted octanol–water partition coefficient (Wildman–Crippen LogP) is 4.27. The number of carbonyl (C=O) groups excluding carboxylic acids is 1. The van der Waals surface area contributed by atoms with Gasteiger partial charge in [-0.15, -0.1) is 0 Å². The van der Waals surface area contributed by atoms with E-state index in [0.29, 0.717) is 27.8 Å². The number of ether oxygens (including phenoxy) is 2. The summed E-state index contributed by atoms with van der Waals surface area (Å²) in [6.07, 6.45) is 2.83. The third kappa shape index (κ3) is 5.53. The fraction of sp³-hybridized carbons (Fsp3) is 0.238. The Balaban J connectivity index is 1.58. The smallest absolute Gasteiger partial charge is 0.172 e. The van der Waals surface area contributed by atoms with Crippen molar-refractivity contribution in [3.05, 3.63) is 65.4 Å². The van der Waals surface area contributed by atoms with Crippen molar-refractivity contribution in [2.45, 2.75) is 18.2 Å². The van der Waals surface area contributed by atoms with Crippen molar-refractivity contribution in [2.24, 2.45) is 0 Å². The summed E-state index contributed by atoms with van der Waals surface area (Å²) < 4.78 is 12.9. The number of Topliss-reactive ketones (excluding diaryl/α,β-unsaturated/α-hetero) is 1. The zero-order valence-electron chi connectivity index (χ0n) is 16.0. The summed E-state index contributed by atoms with van der Waals surface area (Å²) in [5.41, 5.74) is 1.44. The van der Waals surface area contributed by atoms with E-state index < -0.39 is 6.10 Å². The number of hydrogen-bond donors (Lipinski definition) is 1. The van der Waals surface area contributed by atoms with Gasteiger partial charge in [-0.1, -0.05) is 29.4 Å². The minimum Gasteiger partial charge on any atom is -0.493 e. The zero-order chi connectivity index (χ0) is 20.8. The lowest BCUT2D eigenvalue weighted by molar-refractivity contribution is 0.101. The summed E-state index contributed by atoms with van der Waals surface area (Å²) in [6.45, 7) is 1.57. The maximum Gasteiger partial charge on any atom is 0.172 e. The van der Waals surface area contributed by atoms with Gasteiger partial charge in [0, 0.05) is 34.4 Å². The van der Waals surface area contributed by atoms with Crippen LogP contribution < -0.4 is 9.47 Å². The molecule has 0 aliphatic rings. The molecule has 0 amide bonds. The molecular weight excluding hydrogens is 412 g/mol. The average molecular weight is 433 g/mol. The van der Waals surface area contributed by atoms with Gasteiger partial charge in [0.1, 0.15) is 6.61 Å². The molecule has 8 heteroatoms. The second-order valence-corrected chi connectivity index (χ2v) is 7.68. The van der Waals surface area contributed by atoms with Crippen molar-refractivity contribution in [2.75, 3.05) is 19.5 Å². The van der Waals surface area contributed by atoms with Gasteiger partial charge < -0.3 is 14.6 Å². The molecule has 1 N–H and O–H groups in total. The minimum atomic E-state index is -0.721. The van der Waals surface area contributed by atoms with Crippen LogP contribution >= 0.6 is 23.4 Å². The maximum atomic E-state index is 11.5. The van der Waals surface area contributed by atoms with E-state index in [4.69, 9.17) is 21.1 Å². The van der Waals surface area contributed by atoms with E-state index in [9.17, 15) is 9.90 Å². The summed E-state index contributed by atoms with van der Waals surface area (Å²) >= 11 is 7.48. The van der Waals surface area contributed by atoms with Gasteiger partial charge in [-0.3, -0.25) is 9.36 Å². The van der Waals surface area contributed by atoms with Gasteiger partial charge in [-0.05, 0) is 43.3 Å². The van der Waals surface area contributed by atoms with Gasteiger partial charge in [-0.2, -0.15) is 0 Å². The molecule has 0 aliphatic carbocycles. The highest BCUT2D eigenvalue weighted by Gasteiger charge is 2.13. The Hall–Kier alpha value is -2.48. The molecule has 3 aromatic rings. The number of aliphatic hydroxyl groups excluding tert-OH is 1. The fourth-order valence-electron chi connectivity index (χ4n) is 2.63. The van der Waals surface area contributed by atoms with E-state index in [1.54, 1.807) is 24.4 Å². The average Bonchev–Trinajstić information content (AvgIpc) is 3.19. The van der Waals surface area contributed by atoms with Gasteiger partial charge in [-0.25, -0.2) is 4.98 Å². The normalized spacial score (nSPS) is 11.9. The van der Waals surface area contributed by atoms with Gasteiger partial charge >= 0.3 is 0 Å². The molecule has 0 spiro atoms.